The predicted molar refractivity (Wildman–Crippen MR) is 101 cm³/mol. The Balaban J connectivity index is 1.37. The Bertz CT molecular complexity index is 799. The van der Waals surface area contributed by atoms with Crippen LogP contribution in [0.25, 0.3) is 0 Å². The minimum Gasteiger partial charge on any atom is -0.347 e. The number of nitrogens with zero attached hydrogens (tertiary/aromatic N) is 3. The molecule has 1 aromatic carbocycles. The molecule has 2 aliphatic rings. The Labute approximate surface area is 162 Å². The number of aromatic nitrogens is 2. The molecule has 1 spiro atoms. The van der Waals surface area contributed by atoms with E-state index in [-0.39, 0.29) is 5.91 Å². The van der Waals surface area contributed by atoms with Crippen molar-refractivity contribution >= 4 is 23.5 Å². The summed E-state index contributed by atoms with van der Waals surface area (Å²) in [6.07, 6.45) is 3.15. The summed E-state index contributed by atoms with van der Waals surface area (Å²) >= 11 is 5.88. The van der Waals surface area contributed by atoms with Crippen molar-refractivity contribution in [2.45, 2.75) is 25.2 Å². The zero-order chi connectivity index (χ0) is 18.7. The molecular formula is C19H21ClN4O3. The standard InChI is InChI=1S/C19H21ClN4O3/c20-15-3-1-14(2-4-15)13-22-17(25)16-5-8-21-18(23-16)24-9-6-19(7-10-24)26-11-12-27-19/h1-5,8H,6-7,9-13H2,(H,22,25). The maximum absolute atomic E-state index is 12.4. The van der Waals surface area contributed by atoms with Crippen LogP contribution in [0.3, 0.4) is 0 Å². The molecule has 2 saturated heterocycles. The Morgan fingerprint density at radius 3 is 2.56 bits per heavy atom. The van der Waals surface area contributed by atoms with Gasteiger partial charge in [0, 0.05) is 43.7 Å². The van der Waals surface area contributed by atoms with Gasteiger partial charge >= 0.3 is 0 Å². The zero-order valence-corrected chi connectivity index (χ0v) is 15.6. The van der Waals surface area contributed by atoms with E-state index in [0.29, 0.717) is 36.4 Å². The molecule has 7 nitrogen and oxygen atoms in total. The van der Waals surface area contributed by atoms with Crippen molar-refractivity contribution in [2.75, 3.05) is 31.2 Å². The lowest BCUT2D eigenvalue weighted by atomic mass is 10.0. The average Bonchev–Trinajstić information content (AvgIpc) is 3.16. The highest BCUT2D eigenvalue weighted by Gasteiger charge is 2.40. The van der Waals surface area contributed by atoms with Crippen LogP contribution in [0.1, 0.15) is 28.9 Å². The summed E-state index contributed by atoms with van der Waals surface area (Å²) in [7, 11) is 0. The largest absolute Gasteiger partial charge is 0.347 e. The van der Waals surface area contributed by atoms with Gasteiger partial charge in [0.1, 0.15) is 5.69 Å². The fraction of sp³-hybridized carbons (Fsp3) is 0.421. The second-order valence-electron chi connectivity index (χ2n) is 6.65. The van der Waals surface area contributed by atoms with Gasteiger partial charge in [0.2, 0.25) is 5.95 Å². The average molecular weight is 389 g/mol. The third-order valence-corrected chi connectivity index (χ3v) is 5.12. The Morgan fingerprint density at radius 2 is 1.85 bits per heavy atom. The number of rotatable bonds is 4. The van der Waals surface area contributed by atoms with Crippen molar-refractivity contribution in [3.63, 3.8) is 0 Å². The number of piperidine rings is 1. The van der Waals surface area contributed by atoms with Gasteiger partial charge in [-0.1, -0.05) is 23.7 Å². The fourth-order valence-electron chi connectivity index (χ4n) is 3.34. The Kier molecular flexibility index (Phi) is 5.24. The molecule has 1 aromatic heterocycles. The van der Waals surface area contributed by atoms with Crippen molar-refractivity contribution in [3.8, 4) is 0 Å². The number of carbonyl (C=O) groups is 1. The van der Waals surface area contributed by atoms with E-state index < -0.39 is 5.79 Å². The molecule has 0 radical (unpaired) electrons. The second-order valence-corrected chi connectivity index (χ2v) is 7.08. The summed E-state index contributed by atoms with van der Waals surface area (Å²) in [6.45, 7) is 3.18. The molecule has 0 saturated carbocycles. The quantitative estimate of drug-likeness (QED) is 0.866. The van der Waals surface area contributed by atoms with E-state index in [1.165, 1.54) is 0 Å². The molecule has 0 unspecified atom stereocenters. The first-order chi connectivity index (χ1) is 13.1. The molecule has 1 amide bonds. The monoisotopic (exact) mass is 388 g/mol. The van der Waals surface area contributed by atoms with Crippen LogP contribution in [0.2, 0.25) is 5.02 Å². The Morgan fingerprint density at radius 1 is 1.15 bits per heavy atom. The molecule has 0 bridgehead atoms. The highest BCUT2D eigenvalue weighted by atomic mass is 35.5. The van der Waals surface area contributed by atoms with E-state index in [9.17, 15) is 4.79 Å². The summed E-state index contributed by atoms with van der Waals surface area (Å²) in [6, 6.07) is 8.98. The van der Waals surface area contributed by atoms with E-state index in [0.717, 1.165) is 31.5 Å². The number of benzene rings is 1. The summed E-state index contributed by atoms with van der Waals surface area (Å²) in [5.41, 5.74) is 1.32. The highest BCUT2D eigenvalue weighted by molar-refractivity contribution is 6.30. The number of anilines is 1. The van der Waals surface area contributed by atoms with Gasteiger partial charge in [-0.05, 0) is 23.8 Å². The molecule has 0 atom stereocenters. The Hall–Kier alpha value is -2.22. The van der Waals surface area contributed by atoms with E-state index in [1.54, 1.807) is 24.4 Å². The minimum absolute atomic E-state index is 0.232. The first kappa shape index (κ1) is 18.2. The van der Waals surface area contributed by atoms with Crippen LogP contribution < -0.4 is 10.2 Å². The molecule has 0 aliphatic carbocycles. The molecule has 3 heterocycles. The van der Waals surface area contributed by atoms with Gasteiger partial charge in [-0.15, -0.1) is 0 Å². The normalized spacial score (nSPS) is 18.6. The van der Waals surface area contributed by atoms with Crippen molar-refractivity contribution < 1.29 is 14.3 Å². The van der Waals surface area contributed by atoms with E-state index in [2.05, 4.69) is 20.2 Å². The minimum atomic E-state index is -0.440. The molecule has 2 aliphatic heterocycles. The molecule has 1 N–H and O–H groups in total. The summed E-state index contributed by atoms with van der Waals surface area (Å²) in [4.78, 5) is 23.3. The topological polar surface area (TPSA) is 76.6 Å². The van der Waals surface area contributed by atoms with Crippen LogP contribution in [0, 0.1) is 0 Å². The van der Waals surface area contributed by atoms with Crippen molar-refractivity contribution in [3.05, 3.63) is 52.8 Å². The van der Waals surface area contributed by atoms with Gasteiger partial charge in [-0.3, -0.25) is 4.79 Å². The summed E-state index contributed by atoms with van der Waals surface area (Å²) in [5.74, 6) is -0.115. The van der Waals surface area contributed by atoms with Crippen molar-refractivity contribution in [1.82, 2.24) is 15.3 Å². The number of amides is 1. The fourth-order valence-corrected chi connectivity index (χ4v) is 3.46. The van der Waals surface area contributed by atoms with Gasteiger partial charge < -0.3 is 19.7 Å². The number of carbonyl (C=O) groups excluding carboxylic acids is 1. The van der Waals surface area contributed by atoms with Crippen LogP contribution in [-0.4, -0.2) is 48.0 Å². The molecule has 27 heavy (non-hydrogen) atoms. The summed E-state index contributed by atoms with van der Waals surface area (Å²) in [5, 5.41) is 3.54. The van der Waals surface area contributed by atoms with Crippen LogP contribution in [0.4, 0.5) is 5.95 Å². The van der Waals surface area contributed by atoms with Gasteiger partial charge in [0.15, 0.2) is 5.79 Å². The number of ether oxygens (including phenoxy) is 2. The molecule has 142 valence electrons. The summed E-state index contributed by atoms with van der Waals surface area (Å²) < 4.78 is 11.5. The molecule has 4 rings (SSSR count). The molecule has 2 fully saturated rings. The maximum Gasteiger partial charge on any atom is 0.270 e. The van der Waals surface area contributed by atoms with Gasteiger partial charge in [-0.2, -0.15) is 0 Å². The predicted octanol–water partition coefficient (Wildman–Crippen LogP) is 2.40. The lowest BCUT2D eigenvalue weighted by Crippen LogP contribution is -2.45. The van der Waals surface area contributed by atoms with Crippen LogP contribution in [0.15, 0.2) is 36.5 Å². The second kappa shape index (κ2) is 7.80. The first-order valence-corrected chi connectivity index (χ1v) is 9.40. The van der Waals surface area contributed by atoms with E-state index >= 15 is 0 Å². The van der Waals surface area contributed by atoms with Gasteiger partial charge in [0.05, 0.1) is 13.2 Å². The highest BCUT2D eigenvalue weighted by Crippen LogP contribution is 2.32. The molecule has 8 heteroatoms. The number of hydrogen-bond donors (Lipinski definition) is 1. The smallest absolute Gasteiger partial charge is 0.270 e. The third kappa shape index (κ3) is 4.21. The van der Waals surface area contributed by atoms with Crippen molar-refractivity contribution in [2.24, 2.45) is 0 Å². The van der Waals surface area contributed by atoms with Crippen LogP contribution in [0.5, 0.6) is 0 Å². The number of hydrogen-bond acceptors (Lipinski definition) is 6. The maximum atomic E-state index is 12.4. The number of nitrogens with one attached hydrogen (secondary N) is 1. The lowest BCUT2D eigenvalue weighted by Gasteiger charge is -2.37. The molecule has 2 aromatic rings. The number of halogens is 1. The SMILES string of the molecule is O=C(NCc1ccc(Cl)cc1)c1ccnc(N2CCC3(CC2)OCCO3)n1. The zero-order valence-electron chi connectivity index (χ0n) is 14.9. The van der Waals surface area contributed by atoms with Gasteiger partial charge in [-0.25, -0.2) is 9.97 Å². The molecular weight excluding hydrogens is 368 g/mol. The van der Waals surface area contributed by atoms with Crippen LogP contribution in [-0.2, 0) is 16.0 Å². The van der Waals surface area contributed by atoms with Gasteiger partial charge in [0.25, 0.3) is 5.91 Å². The van der Waals surface area contributed by atoms with E-state index in [4.69, 9.17) is 21.1 Å². The van der Waals surface area contributed by atoms with Crippen LogP contribution >= 0.6 is 11.6 Å². The third-order valence-electron chi connectivity index (χ3n) is 4.86. The van der Waals surface area contributed by atoms with Crippen molar-refractivity contribution in [1.29, 1.82) is 0 Å². The van der Waals surface area contributed by atoms with E-state index in [1.807, 2.05) is 12.1 Å². The lowest BCUT2D eigenvalue weighted by molar-refractivity contribution is -0.169. The first-order valence-electron chi connectivity index (χ1n) is 9.02.